The highest BCUT2D eigenvalue weighted by molar-refractivity contribution is 5.97. The number of rotatable bonds is 5. The molecule has 1 atom stereocenters. The van der Waals surface area contributed by atoms with Gasteiger partial charge in [-0.05, 0) is 50.6 Å². The fourth-order valence-electron chi connectivity index (χ4n) is 3.21. The van der Waals surface area contributed by atoms with E-state index in [1.54, 1.807) is 30.0 Å². The van der Waals surface area contributed by atoms with Gasteiger partial charge in [0.1, 0.15) is 0 Å². The Bertz CT molecular complexity index is 1040. The Kier molecular flexibility index (Phi) is 5.12. The third kappa shape index (κ3) is 4.03. The molecule has 148 valence electrons. The molecule has 0 aliphatic carbocycles. The third-order valence-corrected chi connectivity index (χ3v) is 4.84. The number of ether oxygens (including phenoxy) is 1. The molecular weight excluding hydrogens is 370 g/mol. The molecular formula is C22H21N3O4. The maximum absolute atomic E-state index is 12.6. The molecule has 0 spiro atoms. The summed E-state index contributed by atoms with van der Waals surface area (Å²) in [5.41, 5.74) is 3.01. The van der Waals surface area contributed by atoms with E-state index in [2.05, 4.69) is 10.2 Å². The van der Waals surface area contributed by atoms with Gasteiger partial charge in [0.05, 0.1) is 5.56 Å². The number of carbonyl (C=O) groups excluding carboxylic acids is 2. The van der Waals surface area contributed by atoms with Crippen LogP contribution in [0.5, 0.6) is 0 Å². The zero-order chi connectivity index (χ0) is 20.4. The number of nitrogens with zero attached hydrogens (tertiary/aromatic N) is 3. The van der Waals surface area contributed by atoms with Crippen molar-refractivity contribution in [2.45, 2.75) is 32.8 Å². The first-order chi connectivity index (χ1) is 14.0. The van der Waals surface area contributed by atoms with Crippen LogP contribution < -0.4 is 4.90 Å². The fraction of sp³-hybridized carbons (Fsp3) is 0.273. The van der Waals surface area contributed by atoms with Crippen LogP contribution in [0.3, 0.4) is 0 Å². The van der Waals surface area contributed by atoms with Crippen LogP contribution in [0.15, 0.2) is 52.9 Å². The summed E-state index contributed by atoms with van der Waals surface area (Å²) in [7, 11) is 0. The van der Waals surface area contributed by atoms with Gasteiger partial charge in [-0.1, -0.05) is 23.8 Å². The second kappa shape index (κ2) is 7.87. The van der Waals surface area contributed by atoms with E-state index in [9.17, 15) is 9.59 Å². The van der Waals surface area contributed by atoms with E-state index in [-0.39, 0.29) is 11.8 Å². The number of benzene rings is 2. The minimum atomic E-state index is -0.703. The number of aryl methyl sites for hydroxylation is 1. The smallest absolute Gasteiger partial charge is 0.338 e. The molecule has 4 rings (SSSR count). The van der Waals surface area contributed by atoms with Crippen LogP contribution in [-0.2, 0) is 9.53 Å². The van der Waals surface area contributed by atoms with Crippen molar-refractivity contribution in [1.29, 1.82) is 0 Å². The summed E-state index contributed by atoms with van der Waals surface area (Å²) in [5.74, 6) is 0.150. The normalized spacial score (nSPS) is 14.8. The molecule has 1 aliphatic rings. The molecule has 1 aromatic heterocycles. The lowest BCUT2D eigenvalue weighted by atomic mass is 10.1. The van der Waals surface area contributed by atoms with Gasteiger partial charge in [0.25, 0.3) is 5.89 Å². The molecule has 29 heavy (non-hydrogen) atoms. The maximum Gasteiger partial charge on any atom is 0.338 e. The second-order valence-electron chi connectivity index (χ2n) is 7.06. The van der Waals surface area contributed by atoms with Crippen molar-refractivity contribution in [1.82, 2.24) is 10.2 Å². The van der Waals surface area contributed by atoms with Crippen molar-refractivity contribution in [3.63, 3.8) is 0 Å². The van der Waals surface area contributed by atoms with E-state index in [0.717, 1.165) is 17.5 Å². The SMILES string of the molecule is Cc1ccc(-c2nnc([C@H](C)OC(=O)c3cccc(N4CCCC4=O)c3)o2)cc1. The molecule has 0 bridgehead atoms. The predicted octanol–water partition coefficient (Wildman–Crippen LogP) is 4.09. The summed E-state index contributed by atoms with van der Waals surface area (Å²) in [4.78, 5) is 26.2. The van der Waals surface area contributed by atoms with E-state index in [1.807, 2.05) is 37.3 Å². The lowest BCUT2D eigenvalue weighted by molar-refractivity contribution is -0.117. The molecule has 7 nitrogen and oxygen atoms in total. The van der Waals surface area contributed by atoms with Crippen LogP contribution >= 0.6 is 0 Å². The molecule has 1 amide bonds. The molecule has 1 saturated heterocycles. The van der Waals surface area contributed by atoms with Crippen LogP contribution in [0.25, 0.3) is 11.5 Å². The molecule has 1 fully saturated rings. The van der Waals surface area contributed by atoms with E-state index < -0.39 is 12.1 Å². The van der Waals surface area contributed by atoms with E-state index in [4.69, 9.17) is 9.15 Å². The van der Waals surface area contributed by atoms with E-state index in [1.165, 1.54) is 0 Å². The number of esters is 1. The maximum atomic E-state index is 12.6. The van der Waals surface area contributed by atoms with E-state index in [0.29, 0.717) is 30.1 Å². The zero-order valence-electron chi connectivity index (χ0n) is 16.3. The van der Waals surface area contributed by atoms with Crippen molar-refractivity contribution in [2.75, 3.05) is 11.4 Å². The number of hydrogen-bond donors (Lipinski definition) is 0. The first-order valence-electron chi connectivity index (χ1n) is 9.53. The first kappa shape index (κ1) is 18.9. The van der Waals surface area contributed by atoms with Crippen LogP contribution in [0.1, 0.15) is 47.7 Å². The number of amides is 1. The first-order valence-corrected chi connectivity index (χ1v) is 9.53. The molecule has 0 radical (unpaired) electrons. The molecule has 2 aromatic carbocycles. The van der Waals surface area contributed by atoms with Crippen molar-refractivity contribution < 1.29 is 18.7 Å². The van der Waals surface area contributed by atoms with Crippen molar-refractivity contribution in [2.24, 2.45) is 0 Å². The fourth-order valence-corrected chi connectivity index (χ4v) is 3.21. The minimum absolute atomic E-state index is 0.0679. The van der Waals surface area contributed by atoms with Gasteiger partial charge in [-0.2, -0.15) is 0 Å². The second-order valence-corrected chi connectivity index (χ2v) is 7.06. The quantitative estimate of drug-likeness (QED) is 0.609. The zero-order valence-corrected chi connectivity index (χ0v) is 16.3. The Morgan fingerprint density at radius 3 is 2.69 bits per heavy atom. The summed E-state index contributed by atoms with van der Waals surface area (Å²) >= 11 is 0. The van der Waals surface area contributed by atoms with Crippen LogP contribution in [0.2, 0.25) is 0 Å². The molecule has 1 aliphatic heterocycles. The number of hydrogen-bond acceptors (Lipinski definition) is 6. The molecule has 3 aromatic rings. The highest BCUT2D eigenvalue weighted by Gasteiger charge is 2.24. The Morgan fingerprint density at radius 1 is 1.17 bits per heavy atom. The molecule has 2 heterocycles. The van der Waals surface area contributed by atoms with Gasteiger partial charge < -0.3 is 14.1 Å². The number of anilines is 1. The summed E-state index contributed by atoms with van der Waals surface area (Å²) < 4.78 is 11.2. The van der Waals surface area contributed by atoms with Gasteiger partial charge in [-0.15, -0.1) is 10.2 Å². The molecule has 0 saturated carbocycles. The van der Waals surface area contributed by atoms with Crippen molar-refractivity contribution >= 4 is 17.6 Å². The predicted molar refractivity (Wildman–Crippen MR) is 106 cm³/mol. The van der Waals surface area contributed by atoms with Gasteiger partial charge in [0.2, 0.25) is 11.8 Å². The monoisotopic (exact) mass is 391 g/mol. The minimum Gasteiger partial charge on any atom is -0.449 e. The summed E-state index contributed by atoms with van der Waals surface area (Å²) in [5, 5.41) is 8.05. The third-order valence-electron chi connectivity index (χ3n) is 4.84. The lowest BCUT2D eigenvalue weighted by Gasteiger charge is -2.16. The summed E-state index contributed by atoms with van der Waals surface area (Å²) in [6.45, 7) is 4.34. The molecule has 0 N–H and O–H groups in total. The Balaban J connectivity index is 1.46. The van der Waals surface area contributed by atoms with Gasteiger partial charge in [-0.25, -0.2) is 4.79 Å². The lowest BCUT2D eigenvalue weighted by Crippen LogP contribution is -2.24. The standard InChI is InChI=1S/C22H21N3O4/c1-14-8-10-16(11-9-14)21-24-23-20(29-21)15(2)28-22(27)17-5-3-6-18(13-17)25-12-4-7-19(25)26/h3,5-6,8-11,13,15H,4,7,12H2,1-2H3/t15-/m0/s1. The van der Waals surface area contributed by atoms with Crippen molar-refractivity contribution in [3.05, 3.63) is 65.5 Å². The highest BCUT2D eigenvalue weighted by atomic mass is 16.6. The van der Waals surface area contributed by atoms with Gasteiger partial charge in [0, 0.05) is 24.2 Å². The van der Waals surface area contributed by atoms with E-state index >= 15 is 0 Å². The topological polar surface area (TPSA) is 85.5 Å². The number of carbonyl (C=O) groups is 2. The van der Waals surface area contributed by atoms with Crippen LogP contribution in [-0.4, -0.2) is 28.6 Å². The van der Waals surface area contributed by atoms with Crippen LogP contribution in [0.4, 0.5) is 5.69 Å². The van der Waals surface area contributed by atoms with Crippen molar-refractivity contribution in [3.8, 4) is 11.5 Å². The number of aromatic nitrogens is 2. The Morgan fingerprint density at radius 2 is 1.97 bits per heavy atom. The molecule has 0 unspecified atom stereocenters. The summed E-state index contributed by atoms with van der Waals surface area (Å²) in [6.07, 6.45) is 0.656. The molecule has 7 heteroatoms. The average molecular weight is 391 g/mol. The van der Waals surface area contributed by atoms with Gasteiger partial charge in [0.15, 0.2) is 6.10 Å². The Hall–Kier alpha value is -3.48. The van der Waals surface area contributed by atoms with Gasteiger partial charge in [-0.3, -0.25) is 4.79 Å². The highest BCUT2D eigenvalue weighted by Crippen LogP contribution is 2.25. The van der Waals surface area contributed by atoms with Gasteiger partial charge >= 0.3 is 5.97 Å². The largest absolute Gasteiger partial charge is 0.449 e. The summed E-state index contributed by atoms with van der Waals surface area (Å²) in [6, 6.07) is 14.6. The van der Waals surface area contributed by atoms with Crippen LogP contribution in [0, 0.1) is 6.92 Å². The average Bonchev–Trinajstić information content (AvgIpc) is 3.38. The Labute approximate surface area is 168 Å².